The van der Waals surface area contributed by atoms with Crippen LogP contribution in [0.5, 0.6) is 0 Å². The Morgan fingerprint density at radius 2 is 1.04 bits per heavy atom. The molecule has 0 unspecified atom stereocenters. The van der Waals surface area contributed by atoms with Gasteiger partial charge in [0.1, 0.15) is 13.2 Å². The van der Waals surface area contributed by atoms with Crippen molar-refractivity contribution >= 4 is 40.1 Å². The van der Waals surface area contributed by atoms with Gasteiger partial charge < -0.3 is 0 Å². The Labute approximate surface area is 173 Å². The molecule has 140 valence electrons. The molecule has 0 heterocycles. The largest absolute Gasteiger partial charge is 0.697 e. The second kappa shape index (κ2) is 12.7. The van der Waals surface area contributed by atoms with Gasteiger partial charge in [-0.3, -0.25) is 0 Å². The van der Waals surface area contributed by atoms with Crippen LogP contribution in [0.25, 0.3) is 0 Å². The molecule has 0 saturated carbocycles. The fourth-order valence-corrected chi connectivity index (χ4v) is 3.64. The van der Waals surface area contributed by atoms with E-state index in [2.05, 4.69) is 56.1 Å². The number of rotatable bonds is 12. The summed E-state index contributed by atoms with van der Waals surface area (Å²) in [7, 11) is -1.99. The first-order valence-corrected chi connectivity index (χ1v) is 11.5. The third kappa shape index (κ3) is 9.38. The van der Waals surface area contributed by atoms with Gasteiger partial charge in [0.25, 0.3) is 0 Å². The predicted octanol–water partition coefficient (Wildman–Crippen LogP) is 7.25. The summed E-state index contributed by atoms with van der Waals surface area (Å²) in [5.74, 6) is 0. The maximum absolute atomic E-state index is 11.7. The van der Waals surface area contributed by atoms with Gasteiger partial charge in [-0.15, -0.1) is 9.05 Å². The Hall–Kier alpha value is -0.580. The van der Waals surface area contributed by atoms with Crippen molar-refractivity contribution in [2.45, 2.75) is 38.5 Å². The van der Waals surface area contributed by atoms with Gasteiger partial charge in [-0.1, -0.05) is 56.1 Å². The van der Waals surface area contributed by atoms with Gasteiger partial charge in [0.05, 0.1) is 0 Å². The first kappa shape index (κ1) is 21.7. The van der Waals surface area contributed by atoms with Crippen molar-refractivity contribution in [1.82, 2.24) is 0 Å². The van der Waals surface area contributed by atoms with Crippen molar-refractivity contribution in [2.75, 3.05) is 13.2 Å². The molecule has 0 N–H and O–H groups in total. The third-order valence-electron chi connectivity index (χ3n) is 3.94. The van der Waals surface area contributed by atoms with Crippen LogP contribution in [0.1, 0.15) is 36.8 Å². The second-order valence-electron chi connectivity index (χ2n) is 6.06. The minimum atomic E-state index is -1.99. The van der Waals surface area contributed by atoms with Crippen molar-refractivity contribution in [3.63, 3.8) is 0 Å². The van der Waals surface area contributed by atoms with Gasteiger partial charge in [0.15, 0.2) is 0 Å². The normalized spacial score (nSPS) is 10.8. The minimum absolute atomic E-state index is 0.477. The first-order valence-electron chi connectivity index (χ1n) is 8.85. The molecule has 3 nitrogen and oxygen atoms in total. The molecule has 0 atom stereocenters. The molecule has 6 heteroatoms. The topological polar surface area (TPSA) is 35.5 Å². The summed E-state index contributed by atoms with van der Waals surface area (Å²) >= 11 is 6.86. The summed E-state index contributed by atoms with van der Waals surface area (Å²) in [5, 5.41) is 0. The molecule has 0 radical (unpaired) electrons. The lowest BCUT2D eigenvalue weighted by Crippen LogP contribution is -1.94. The summed E-state index contributed by atoms with van der Waals surface area (Å²) in [6.45, 7) is 0.954. The first-order chi connectivity index (χ1) is 12.6. The zero-order chi connectivity index (χ0) is 18.6. The Balaban J connectivity index is 1.45. The van der Waals surface area contributed by atoms with Crippen LogP contribution in [0.15, 0.2) is 57.5 Å². The minimum Gasteiger partial charge on any atom is -0.119 e. The molecule has 2 aromatic carbocycles. The molecule has 0 bridgehead atoms. The fourth-order valence-electron chi connectivity index (χ4n) is 2.48. The van der Waals surface area contributed by atoms with Crippen LogP contribution in [0, 0.1) is 0 Å². The molecule has 0 aliphatic heterocycles. The smallest absolute Gasteiger partial charge is 0.119 e. The van der Waals surface area contributed by atoms with E-state index in [1.54, 1.807) is 0 Å². The van der Waals surface area contributed by atoms with E-state index in [-0.39, 0.29) is 0 Å². The Bertz CT molecular complexity index is 602. The van der Waals surface area contributed by atoms with Crippen molar-refractivity contribution in [1.29, 1.82) is 0 Å². The van der Waals surface area contributed by atoms with E-state index >= 15 is 0 Å². The highest BCUT2D eigenvalue weighted by molar-refractivity contribution is 9.10. The summed E-state index contributed by atoms with van der Waals surface area (Å²) in [4.78, 5) is 0. The lowest BCUT2D eigenvalue weighted by atomic mass is 10.1. The standard InChI is InChI=1S/C20H24Br2O3P/c21-19-11-7-17(8-12-19)5-1-3-15-24-26(23)25-16-4-2-6-18-9-13-20(22)14-10-18/h7-14H,1-6,15-16H2/q+1. The molecule has 0 aliphatic rings. The van der Waals surface area contributed by atoms with Crippen LogP contribution in [0.3, 0.4) is 0 Å². The summed E-state index contributed by atoms with van der Waals surface area (Å²) < 4.78 is 24.4. The van der Waals surface area contributed by atoms with E-state index in [4.69, 9.17) is 9.05 Å². The zero-order valence-corrected chi connectivity index (χ0v) is 18.8. The number of aryl methyl sites for hydroxylation is 2. The third-order valence-corrected chi connectivity index (χ3v) is 5.78. The van der Waals surface area contributed by atoms with Gasteiger partial charge in [-0.2, -0.15) is 0 Å². The molecule has 2 aromatic rings. The van der Waals surface area contributed by atoms with Crippen molar-refractivity contribution in [2.24, 2.45) is 0 Å². The van der Waals surface area contributed by atoms with E-state index < -0.39 is 8.25 Å². The average Bonchev–Trinajstić information content (AvgIpc) is 2.64. The maximum atomic E-state index is 11.7. The quantitative estimate of drug-likeness (QED) is 0.226. The summed E-state index contributed by atoms with van der Waals surface area (Å²) in [6, 6.07) is 16.7. The zero-order valence-electron chi connectivity index (χ0n) is 14.7. The monoisotopic (exact) mass is 501 g/mol. The van der Waals surface area contributed by atoms with Crippen LogP contribution in [-0.2, 0) is 26.5 Å². The molecular weight excluding hydrogens is 479 g/mol. The molecule has 0 amide bonds. The summed E-state index contributed by atoms with van der Waals surface area (Å²) in [6.07, 6.45) is 5.79. The highest BCUT2D eigenvalue weighted by Gasteiger charge is 2.19. The molecule has 26 heavy (non-hydrogen) atoms. The molecule has 0 fully saturated rings. The Morgan fingerprint density at radius 1 is 0.654 bits per heavy atom. The van der Waals surface area contributed by atoms with E-state index in [9.17, 15) is 4.57 Å². The molecule has 2 rings (SSSR count). The molecule has 0 spiro atoms. The molecule has 0 aliphatic carbocycles. The number of benzene rings is 2. The van der Waals surface area contributed by atoms with Crippen molar-refractivity contribution in [3.8, 4) is 0 Å². The van der Waals surface area contributed by atoms with E-state index in [1.807, 2.05) is 24.3 Å². The van der Waals surface area contributed by atoms with Crippen LogP contribution in [0.4, 0.5) is 0 Å². The van der Waals surface area contributed by atoms with Gasteiger partial charge in [-0.05, 0) is 73.9 Å². The van der Waals surface area contributed by atoms with Crippen molar-refractivity contribution in [3.05, 3.63) is 68.6 Å². The van der Waals surface area contributed by atoms with Gasteiger partial charge in [0, 0.05) is 13.5 Å². The van der Waals surface area contributed by atoms with Gasteiger partial charge >= 0.3 is 8.25 Å². The molecular formula is C20H24Br2O3P+. The molecule has 0 aromatic heterocycles. The molecule has 0 saturated heterocycles. The Kier molecular flexibility index (Phi) is 10.6. The van der Waals surface area contributed by atoms with E-state index in [0.717, 1.165) is 47.5 Å². The number of hydrogen-bond acceptors (Lipinski definition) is 3. The number of hydrogen-bond donors (Lipinski definition) is 0. The van der Waals surface area contributed by atoms with Crippen LogP contribution < -0.4 is 0 Å². The predicted molar refractivity (Wildman–Crippen MR) is 114 cm³/mol. The lowest BCUT2D eigenvalue weighted by Gasteiger charge is -2.00. The Morgan fingerprint density at radius 3 is 1.42 bits per heavy atom. The van der Waals surface area contributed by atoms with Crippen LogP contribution >= 0.6 is 40.1 Å². The fraction of sp³-hybridized carbons (Fsp3) is 0.400. The van der Waals surface area contributed by atoms with E-state index in [1.165, 1.54) is 11.1 Å². The number of halogens is 2. The van der Waals surface area contributed by atoms with E-state index in [0.29, 0.717) is 13.2 Å². The average molecular weight is 503 g/mol. The second-order valence-corrected chi connectivity index (χ2v) is 8.85. The van der Waals surface area contributed by atoms with Gasteiger partial charge in [-0.25, -0.2) is 0 Å². The summed E-state index contributed by atoms with van der Waals surface area (Å²) in [5.41, 5.74) is 2.61. The maximum Gasteiger partial charge on any atom is 0.697 e. The highest BCUT2D eigenvalue weighted by Crippen LogP contribution is 2.25. The van der Waals surface area contributed by atoms with Crippen LogP contribution in [0.2, 0.25) is 0 Å². The lowest BCUT2D eigenvalue weighted by molar-refractivity contribution is 0.219. The van der Waals surface area contributed by atoms with Crippen LogP contribution in [-0.4, -0.2) is 13.2 Å². The van der Waals surface area contributed by atoms with Crippen molar-refractivity contribution < 1.29 is 13.6 Å². The SMILES string of the molecule is O=[P+](OCCCCc1ccc(Br)cc1)OCCCCc1ccc(Br)cc1. The highest BCUT2D eigenvalue weighted by atomic mass is 79.9. The number of unbranched alkanes of at least 4 members (excludes halogenated alkanes) is 2. The van der Waals surface area contributed by atoms with Gasteiger partial charge in [0.2, 0.25) is 0 Å².